The van der Waals surface area contributed by atoms with Crippen molar-refractivity contribution in [2.75, 3.05) is 13.1 Å². The lowest BCUT2D eigenvalue weighted by atomic mass is 10.1. The second-order valence-corrected chi connectivity index (χ2v) is 7.11. The molecule has 1 saturated heterocycles. The van der Waals surface area contributed by atoms with Gasteiger partial charge in [-0.1, -0.05) is 36.4 Å². The number of hydrogen-bond acceptors (Lipinski definition) is 3. The summed E-state index contributed by atoms with van der Waals surface area (Å²) >= 11 is 0. The molecule has 23 heavy (non-hydrogen) atoms. The number of carbonyl (C=O) groups is 1. The highest BCUT2D eigenvalue weighted by atomic mass is 16.6. The number of rotatable bonds is 2. The van der Waals surface area contributed by atoms with Crippen molar-refractivity contribution in [2.45, 2.75) is 52.8 Å². The maximum absolute atomic E-state index is 12.4. The fourth-order valence-corrected chi connectivity index (χ4v) is 2.73. The lowest BCUT2D eigenvalue weighted by Crippen LogP contribution is -2.52. The van der Waals surface area contributed by atoms with Gasteiger partial charge in [0, 0.05) is 31.4 Å². The van der Waals surface area contributed by atoms with E-state index in [0.717, 1.165) is 18.8 Å². The molecule has 0 aliphatic carbocycles. The Hall–Kier alpha value is -1.81. The number of benzene rings is 1. The standard InChI is InChI=1S/C19H28N2O2/c1-6-17-14-20(13-16-10-8-7-9-11-16)15(2)12-21(17)18(22)23-19(3,4)5/h6-11,15H,12-14H2,1-5H3/t15-/m1/s1. The predicted molar refractivity (Wildman–Crippen MR) is 93.0 cm³/mol. The first kappa shape index (κ1) is 17.5. The second-order valence-electron chi connectivity index (χ2n) is 7.11. The molecule has 0 radical (unpaired) electrons. The van der Waals surface area contributed by atoms with E-state index in [4.69, 9.17) is 4.74 Å². The third kappa shape index (κ3) is 4.83. The number of ether oxygens (including phenoxy) is 1. The van der Waals surface area contributed by atoms with E-state index < -0.39 is 5.60 Å². The van der Waals surface area contributed by atoms with E-state index >= 15 is 0 Å². The highest BCUT2D eigenvalue weighted by Gasteiger charge is 2.32. The van der Waals surface area contributed by atoms with Gasteiger partial charge in [-0.2, -0.15) is 0 Å². The van der Waals surface area contributed by atoms with Gasteiger partial charge in [-0.05, 0) is 40.2 Å². The van der Waals surface area contributed by atoms with Crippen LogP contribution < -0.4 is 0 Å². The lowest BCUT2D eigenvalue weighted by molar-refractivity contribution is 0.0168. The zero-order valence-electron chi connectivity index (χ0n) is 14.9. The summed E-state index contributed by atoms with van der Waals surface area (Å²) in [5, 5.41) is 0. The van der Waals surface area contributed by atoms with Crippen molar-refractivity contribution >= 4 is 6.09 Å². The van der Waals surface area contributed by atoms with E-state index in [1.165, 1.54) is 5.56 Å². The Morgan fingerprint density at radius 3 is 2.52 bits per heavy atom. The van der Waals surface area contributed by atoms with Gasteiger partial charge in [-0.15, -0.1) is 0 Å². The Labute approximate surface area is 139 Å². The number of hydrogen-bond donors (Lipinski definition) is 0. The molecule has 1 aromatic rings. The van der Waals surface area contributed by atoms with Gasteiger partial charge < -0.3 is 4.74 Å². The smallest absolute Gasteiger partial charge is 0.414 e. The minimum atomic E-state index is -0.472. The van der Waals surface area contributed by atoms with Crippen molar-refractivity contribution in [2.24, 2.45) is 0 Å². The van der Waals surface area contributed by atoms with Crippen LogP contribution in [0, 0.1) is 0 Å². The van der Waals surface area contributed by atoms with E-state index in [2.05, 4.69) is 36.1 Å². The number of piperazine rings is 1. The zero-order chi connectivity index (χ0) is 17.0. The maximum Gasteiger partial charge on any atom is 0.414 e. The molecule has 4 heteroatoms. The molecule has 1 aliphatic heterocycles. The Kier molecular flexibility index (Phi) is 5.47. The minimum absolute atomic E-state index is 0.253. The number of nitrogens with zero attached hydrogens (tertiary/aromatic N) is 2. The highest BCUT2D eigenvalue weighted by Crippen LogP contribution is 2.23. The van der Waals surface area contributed by atoms with Crippen LogP contribution in [0.1, 0.15) is 40.2 Å². The van der Waals surface area contributed by atoms with E-state index in [0.29, 0.717) is 6.54 Å². The summed E-state index contributed by atoms with van der Waals surface area (Å²) in [5.74, 6) is 0. The number of carbonyl (C=O) groups excluding carboxylic acids is 1. The summed E-state index contributed by atoms with van der Waals surface area (Å²) in [5.41, 5.74) is 1.83. The van der Waals surface area contributed by atoms with Gasteiger partial charge in [0.15, 0.2) is 0 Å². The van der Waals surface area contributed by atoms with Crippen LogP contribution >= 0.6 is 0 Å². The predicted octanol–water partition coefficient (Wildman–Crippen LogP) is 4.03. The SMILES string of the molecule is CC=C1CN(Cc2ccccc2)[C@H](C)CN1C(=O)OC(C)(C)C. The van der Waals surface area contributed by atoms with Gasteiger partial charge in [0.2, 0.25) is 0 Å². The molecule has 0 aromatic heterocycles. The Bertz CT molecular complexity index is 560. The molecular weight excluding hydrogens is 288 g/mol. The van der Waals surface area contributed by atoms with Crippen LogP contribution in [-0.4, -0.2) is 40.6 Å². The summed E-state index contributed by atoms with van der Waals surface area (Å²) in [4.78, 5) is 16.6. The molecule has 1 heterocycles. The molecule has 0 unspecified atom stereocenters. The van der Waals surface area contributed by atoms with Crippen molar-refractivity contribution in [1.29, 1.82) is 0 Å². The molecule has 1 amide bonds. The van der Waals surface area contributed by atoms with Crippen molar-refractivity contribution in [1.82, 2.24) is 9.80 Å². The van der Waals surface area contributed by atoms with Crippen LogP contribution in [0.3, 0.4) is 0 Å². The Morgan fingerprint density at radius 2 is 1.96 bits per heavy atom. The Morgan fingerprint density at radius 1 is 1.30 bits per heavy atom. The first-order valence-corrected chi connectivity index (χ1v) is 8.24. The third-order valence-corrected chi connectivity index (χ3v) is 3.96. The monoisotopic (exact) mass is 316 g/mol. The van der Waals surface area contributed by atoms with Gasteiger partial charge in [-0.25, -0.2) is 4.79 Å². The van der Waals surface area contributed by atoms with Crippen LogP contribution in [0.25, 0.3) is 0 Å². The largest absolute Gasteiger partial charge is 0.443 e. The van der Waals surface area contributed by atoms with Gasteiger partial charge in [-0.3, -0.25) is 9.80 Å². The number of allylic oxidation sites excluding steroid dienone is 1. The molecule has 1 atom stereocenters. The van der Waals surface area contributed by atoms with Crippen LogP contribution in [0.4, 0.5) is 4.79 Å². The highest BCUT2D eigenvalue weighted by molar-refractivity contribution is 5.70. The van der Waals surface area contributed by atoms with Crippen molar-refractivity contribution in [3.8, 4) is 0 Å². The van der Waals surface area contributed by atoms with Crippen molar-refractivity contribution in [3.63, 3.8) is 0 Å². The average molecular weight is 316 g/mol. The van der Waals surface area contributed by atoms with Gasteiger partial charge in [0.25, 0.3) is 0 Å². The maximum atomic E-state index is 12.4. The molecule has 0 bridgehead atoms. The van der Waals surface area contributed by atoms with Gasteiger partial charge in [0.1, 0.15) is 5.60 Å². The molecule has 0 spiro atoms. The third-order valence-electron chi connectivity index (χ3n) is 3.96. The van der Waals surface area contributed by atoms with Crippen LogP contribution in [0.15, 0.2) is 42.1 Å². The van der Waals surface area contributed by atoms with Gasteiger partial charge in [0.05, 0.1) is 0 Å². The molecule has 0 saturated carbocycles. The summed E-state index contributed by atoms with van der Waals surface area (Å²) in [6, 6.07) is 10.7. The molecule has 0 N–H and O–H groups in total. The first-order valence-electron chi connectivity index (χ1n) is 8.24. The summed E-state index contributed by atoms with van der Waals surface area (Å²) in [7, 11) is 0. The second kappa shape index (κ2) is 7.18. The first-order chi connectivity index (χ1) is 10.8. The fourth-order valence-electron chi connectivity index (χ4n) is 2.73. The van der Waals surface area contributed by atoms with Crippen LogP contribution in [-0.2, 0) is 11.3 Å². The zero-order valence-corrected chi connectivity index (χ0v) is 14.9. The molecule has 2 rings (SSSR count). The fraction of sp³-hybridized carbons (Fsp3) is 0.526. The minimum Gasteiger partial charge on any atom is -0.443 e. The van der Waals surface area contributed by atoms with E-state index in [9.17, 15) is 4.79 Å². The lowest BCUT2D eigenvalue weighted by Gasteiger charge is -2.41. The molecule has 4 nitrogen and oxygen atoms in total. The van der Waals surface area contributed by atoms with Crippen molar-refractivity contribution < 1.29 is 9.53 Å². The summed E-state index contributed by atoms with van der Waals surface area (Å²) in [6.45, 7) is 12.1. The molecular formula is C19H28N2O2. The quantitative estimate of drug-likeness (QED) is 0.826. The summed E-state index contributed by atoms with van der Waals surface area (Å²) in [6.07, 6.45) is 1.75. The number of amides is 1. The normalized spacial score (nSPS) is 21.5. The van der Waals surface area contributed by atoms with Crippen molar-refractivity contribution in [3.05, 3.63) is 47.7 Å². The van der Waals surface area contributed by atoms with Crippen LogP contribution in [0.5, 0.6) is 0 Å². The molecule has 1 aromatic carbocycles. The topological polar surface area (TPSA) is 32.8 Å². The van der Waals surface area contributed by atoms with E-state index in [1.807, 2.05) is 39.8 Å². The van der Waals surface area contributed by atoms with Gasteiger partial charge >= 0.3 is 6.09 Å². The molecule has 1 aliphatic rings. The average Bonchev–Trinajstić information content (AvgIpc) is 2.48. The Balaban J connectivity index is 2.07. The van der Waals surface area contributed by atoms with E-state index in [1.54, 1.807) is 4.90 Å². The van der Waals surface area contributed by atoms with E-state index in [-0.39, 0.29) is 12.1 Å². The van der Waals surface area contributed by atoms with Crippen LogP contribution in [0.2, 0.25) is 0 Å². The molecule has 126 valence electrons. The molecule has 1 fully saturated rings. The summed E-state index contributed by atoms with van der Waals surface area (Å²) < 4.78 is 5.54.